The fourth-order valence-electron chi connectivity index (χ4n) is 4.06. The number of ether oxygens (including phenoxy) is 1. The van der Waals surface area contributed by atoms with Crippen molar-refractivity contribution in [3.05, 3.63) is 90.0 Å². The lowest BCUT2D eigenvalue weighted by atomic mass is 10.1. The van der Waals surface area contributed by atoms with Gasteiger partial charge in [0.2, 0.25) is 11.8 Å². The molecule has 0 aliphatic carbocycles. The highest BCUT2D eigenvalue weighted by atomic mass is 32.2. The zero-order chi connectivity index (χ0) is 29.3. The molecule has 0 aliphatic heterocycles. The highest BCUT2D eigenvalue weighted by Crippen LogP contribution is 2.26. The van der Waals surface area contributed by atoms with Gasteiger partial charge in [0, 0.05) is 12.6 Å². The second kappa shape index (κ2) is 14.0. The van der Waals surface area contributed by atoms with Crippen LogP contribution in [0.2, 0.25) is 0 Å². The standard InChI is InChI=1S/C31H39N3O5S/c1-6-24(4)32-31(36)25(5)33(21-26-15-13-23(3)14-16-26)30(35)22-34(27-17-19-28(20-18-27)39-7-2)40(37,38)29-11-9-8-10-12-29/h8-20,24-25H,6-7,21-22H2,1-5H3,(H,32,36)/t24-,25+/m0/s1. The molecule has 3 rings (SSSR count). The van der Waals surface area contributed by atoms with E-state index in [2.05, 4.69) is 5.32 Å². The summed E-state index contributed by atoms with van der Waals surface area (Å²) in [6, 6.07) is 21.3. The van der Waals surface area contributed by atoms with Crippen molar-refractivity contribution in [2.24, 2.45) is 0 Å². The van der Waals surface area contributed by atoms with Crippen molar-refractivity contribution in [1.82, 2.24) is 10.2 Å². The largest absolute Gasteiger partial charge is 0.494 e. The number of nitrogens with one attached hydrogen (secondary N) is 1. The minimum Gasteiger partial charge on any atom is -0.494 e. The summed E-state index contributed by atoms with van der Waals surface area (Å²) in [5.74, 6) is -0.208. The molecule has 1 N–H and O–H groups in total. The van der Waals surface area contributed by atoms with E-state index in [4.69, 9.17) is 4.74 Å². The molecule has 3 aromatic carbocycles. The molecule has 0 aromatic heterocycles. The molecule has 0 saturated carbocycles. The highest BCUT2D eigenvalue weighted by molar-refractivity contribution is 7.92. The highest BCUT2D eigenvalue weighted by Gasteiger charge is 2.32. The summed E-state index contributed by atoms with van der Waals surface area (Å²) in [7, 11) is -4.11. The van der Waals surface area contributed by atoms with E-state index in [1.807, 2.05) is 52.0 Å². The van der Waals surface area contributed by atoms with Gasteiger partial charge in [-0.2, -0.15) is 0 Å². The number of aryl methyl sites for hydroxylation is 1. The van der Waals surface area contributed by atoms with Crippen LogP contribution in [0.1, 0.15) is 45.2 Å². The smallest absolute Gasteiger partial charge is 0.264 e. The molecular weight excluding hydrogens is 526 g/mol. The van der Waals surface area contributed by atoms with Crippen LogP contribution >= 0.6 is 0 Å². The normalized spacial score (nSPS) is 12.7. The number of hydrogen-bond acceptors (Lipinski definition) is 5. The predicted molar refractivity (Wildman–Crippen MR) is 158 cm³/mol. The third-order valence-corrected chi connectivity index (χ3v) is 8.48. The van der Waals surface area contributed by atoms with Gasteiger partial charge in [-0.05, 0) is 76.1 Å². The minimum absolute atomic E-state index is 0.0596. The molecule has 40 heavy (non-hydrogen) atoms. The summed E-state index contributed by atoms with van der Waals surface area (Å²) in [5, 5.41) is 2.94. The van der Waals surface area contributed by atoms with Gasteiger partial charge < -0.3 is 15.0 Å². The molecule has 2 amide bonds. The second-order valence-electron chi connectivity index (χ2n) is 9.75. The van der Waals surface area contributed by atoms with Crippen molar-refractivity contribution in [3.63, 3.8) is 0 Å². The van der Waals surface area contributed by atoms with E-state index in [0.29, 0.717) is 18.0 Å². The molecule has 0 radical (unpaired) electrons. The Morgan fingerprint density at radius 3 is 2.10 bits per heavy atom. The second-order valence-corrected chi connectivity index (χ2v) is 11.6. The Hall–Kier alpha value is -3.85. The molecule has 0 spiro atoms. The van der Waals surface area contributed by atoms with E-state index in [9.17, 15) is 18.0 Å². The maximum atomic E-state index is 14.0. The predicted octanol–water partition coefficient (Wildman–Crippen LogP) is 4.92. The Balaban J connectivity index is 2.01. The van der Waals surface area contributed by atoms with Crippen molar-refractivity contribution in [2.75, 3.05) is 17.5 Å². The lowest BCUT2D eigenvalue weighted by Crippen LogP contribution is -2.52. The Morgan fingerprint density at radius 1 is 0.900 bits per heavy atom. The first-order valence-corrected chi connectivity index (χ1v) is 15.0. The number of carbonyl (C=O) groups excluding carboxylic acids is 2. The Kier molecular flexibility index (Phi) is 10.7. The van der Waals surface area contributed by atoms with Gasteiger partial charge in [0.05, 0.1) is 17.2 Å². The van der Waals surface area contributed by atoms with Gasteiger partial charge in [0.1, 0.15) is 18.3 Å². The zero-order valence-corrected chi connectivity index (χ0v) is 24.6. The average molecular weight is 566 g/mol. The molecule has 0 unspecified atom stereocenters. The van der Waals surface area contributed by atoms with E-state index in [-0.39, 0.29) is 23.4 Å². The van der Waals surface area contributed by atoms with E-state index in [0.717, 1.165) is 21.9 Å². The van der Waals surface area contributed by atoms with Crippen LogP contribution in [-0.2, 0) is 26.2 Å². The van der Waals surface area contributed by atoms with Gasteiger partial charge in [0.15, 0.2) is 0 Å². The fraction of sp³-hybridized carbons (Fsp3) is 0.355. The van der Waals surface area contributed by atoms with Gasteiger partial charge >= 0.3 is 0 Å². The first kappa shape index (κ1) is 30.7. The van der Waals surface area contributed by atoms with Crippen molar-refractivity contribution in [2.45, 2.75) is 64.6 Å². The van der Waals surface area contributed by atoms with Crippen LogP contribution in [-0.4, -0.2) is 50.4 Å². The van der Waals surface area contributed by atoms with Crippen LogP contribution in [0.15, 0.2) is 83.8 Å². The Bertz CT molecular complexity index is 1360. The number of carbonyl (C=O) groups is 2. The number of anilines is 1. The summed E-state index contributed by atoms with van der Waals surface area (Å²) >= 11 is 0. The first-order valence-electron chi connectivity index (χ1n) is 13.5. The van der Waals surface area contributed by atoms with Crippen molar-refractivity contribution < 1.29 is 22.7 Å². The molecule has 8 nitrogen and oxygen atoms in total. The zero-order valence-electron chi connectivity index (χ0n) is 23.8. The summed E-state index contributed by atoms with van der Waals surface area (Å²) in [6.07, 6.45) is 0.741. The van der Waals surface area contributed by atoms with Crippen molar-refractivity contribution in [3.8, 4) is 5.75 Å². The molecular formula is C31H39N3O5S. The Morgan fingerprint density at radius 2 is 1.52 bits per heavy atom. The summed E-state index contributed by atoms with van der Waals surface area (Å²) < 4.78 is 34.3. The number of amides is 2. The van der Waals surface area contributed by atoms with Gasteiger partial charge in [-0.25, -0.2) is 8.42 Å². The van der Waals surface area contributed by atoms with Gasteiger partial charge in [-0.15, -0.1) is 0 Å². The van der Waals surface area contributed by atoms with Crippen molar-refractivity contribution >= 4 is 27.5 Å². The lowest BCUT2D eigenvalue weighted by Gasteiger charge is -2.32. The van der Waals surface area contributed by atoms with Gasteiger partial charge in [0.25, 0.3) is 10.0 Å². The van der Waals surface area contributed by atoms with Crippen LogP contribution in [0.4, 0.5) is 5.69 Å². The maximum absolute atomic E-state index is 14.0. The molecule has 214 valence electrons. The Labute approximate surface area is 238 Å². The van der Waals surface area contributed by atoms with E-state index in [1.54, 1.807) is 49.4 Å². The molecule has 0 aliphatic rings. The quantitative estimate of drug-likeness (QED) is 0.317. The van der Waals surface area contributed by atoms with Crippen LogP contribution in [0.3, 0.4) is 0 Å². The van der Waals surface area contributed by atoms with E-state index >= 15 is 0 Å². The van der Waals surface area contributed by atoms with Crippen LogP contribution < -0.4 is 14.4 Å². The molecule has 0 saturated heterocycles. The SMILES string of the molecule is CCOc1ccc(N(CC(=O)N(Cc2ccc(C)cc2)[C@H](C)C(=O)N[C@@H](C)CC)S(=O)(=O)c2ccccc2)cc1. The van der Waals surface area contributed by atoms with Gasteiger partial charge in [-0.1, -0.05) is 55.0 Å². The van der Waals surface area contributed by atoms with E-state index < -0.39 is 28.5 Å². The third-order valence-electron chi connectivity index (χ3n) is 6.69. The van der Waals surface area contributed by atoms with Crippen LogP contribution in [0, 0.1) is 6.92 Å². The molecule has 0 heterocycles. The third kappa shape index (κ3) is 7.85. The molecule has 0 fully saturated rings. The topological polar surface area (TPSA) is 96.0 Å². The molecule has 3 aromatic rings. The summed E-state index contributed by atoms with van der Waals surface area (Å²) in [5.41, 5.74) is 2.22. The van der Waals surface area contributed by atoms with Crippen LogP contribution in [0.25, 0.3) is 0 Å². The van der Waals surface area contributed by atoms with E-state index in [1.165, 1.54) is 17.0 Å². The number of rotatable bonds is 13. The summed E-state index contributed by atoms with van der Waals surface area (Å²) in [6.45, 7) is 9.49. The lowest BCUT2D eigenvalue weighted by molar-refractivity contribution is -0.139. The van der Waals surface area contributed by atoms with Gasteiger partial charge in [-0.3, -0.25) is 13.9 Å². The molecule has 2 atom stereocenters. The summed E-state index contributed by atoms with van der Waals surface area (Å²) in [4.78, 5) is 28.6. The average Bonchev–Trinajstić information content (AvgIpc) is 2.96. The number of nitrogens with zero attached hydrogens (tertiary/aromatic N) is 2. The monoisotopic (exact) mass is 565 g/mol. The number of hydrogen-bond donors (Lipinski definition) is 1. The number of benzene rings is 3. The maximum Gasteiger partial charge on any atom is 0.264 e. The molecule has 9 heteroatoms. The molecule has 0 bridgehead atoms. The fourth-order valence-corrected chi connectivity index (χ4v) is 5.50. The van der Waals surface area contributed by atoms with Crippen LogP contribution in [0.5, 0.6) is 5.75 Å². The number of sulfonamides is 1. The minimum atomic E-state index is -4.11. The first-order chi connectivity index (χ1) is 19.1. The van der Waals surface area contributed by atoms with Crippen molar-refractivity contribution in [1.29, 1.82) is 0 Å².